The van der Waals surface area contributed by atoms with Gasteiger partial charge in [0.25, 0.3) is 0 Å². The molecule has 0 aliphatic heterocycles. The Hall–Kier alpha value is 0.160. The molecule has 0 aliphatic carbocycles. The van der Waals surface area contributed by atoms with E-state index in [1.54, 1.807) is 45.2 Å². The molecule has 0 saturated carbocycles. The fourth-order valence-electron chi connectivity index (χ4n) is 0.837. The Bertz CT molecular complexity index is 370. The van der Waals surface area contributed by atoms with Gasteiger partial charge >= 0.3 is 6.36 Å². The summed E-state index contributed by atoms with van der Waals surface area (Å²) >= 11 is 3.46. The number of nitrogens with zero attached hydrogens (tertiary/aromatic N) is 1. The Morgan fingerprint density at radius 3 is 2.47 bits per heavy atom. The zero-order valence-electron chi connectivity index (χ0n) is 7.11. The second-order valence-corrected chi connectivity index (χ2v) is 4.69. The smallest absolute Gasteiger partial charge is 0.403 e. The van der Waals surface area contributed by atoms with E-state index in [1.165, 1.54) is 6.20 Å². The monoisotopic (exact) mass is 444 g/mol. The summed E-state index contributed by atoms with van der Waals surface area (Å²) in [5.74, 6) is -0.237. The third-order valence-electron chi connectivity index (χ3n) is 1.41. The van der Waals surface area contributed by atoms with E-state index < -0.39 is 6.36 Å². The maximum atomic E-state index is 12.1. The molecule has 1 rings (SSSR count). The van der Waals surface area contributed by atoms with Crippen LogP contribution in [0.4, 0.5) is 13.2 Å². The molecule has 0 saturated heterocycles. The summed E-state index contributed by atoms with van der Waals surface area (Å²) in [7, 11) is 0. The number of ether oxygens (including phenoxy) is 1. The average molecular weight is 444 g/mol. The molecule has 3 nitrogen and oxygen atoms in total. The maximum absolute atomic E-state index is 12.1. The predicted octanol–water partition coefficient (Wildman–Crippen LogP) is 2.65. The van der Waals surface area contributed by atoms with Gasteiger partial charge in [0.05, 0.1) is 12.8 Å². The van der Waals surface area contributed by atoms with E-state index in [4.69, 9.17) is 5.73 Å². The van der Waals surface area contributed by atoms with Gasteiger partial charge in [-0.1, -0.05) is 0 Å². The van der Waals surface area contributed by atoms with Gasteiger partial charge in [-0.2, -0.15) is 0 Å². The number of halogens is 5. The second-order valence-electron chi connectivity index (χ2n) is 2.45. The molecule has 0 amide bonds. The van der Waals surface area contributed by atoms with Crippen molar-refractivity contribution in [1.29, 1.82) is 0 Å². The van der Waals surface area contributed by atoms with Crippen LogP contribution in [0.5, 0.6) is 5.75 Å². The molecule has 0 radical (unpaired) electrons. The first-order chi connectivity index (χ1) is 6.85. The Morgan fingerprint density at radius 1 is 1.40 bits per heavy atom. The molecule has 15 heavy (non-hydrogen) atoms. The third kappa shape index (κ3) is 3.59. The summed E-state index contributed by atoms with van der Waals surface area (Å²) in [6, 6.07) is 0. The second kappa shape index (κ2) is 4.99. The summed E-state index contributed by atoms with van der Waals surface area (Å²) in [4.78, 5) is 3.90. The lowest BCUT2D eigenvalue weighted by atomic mass is 10.3. The van der Waals surface area contributed by atoms with Crippen molar-refractivity contribution in [3.63, 3.8) is 0 Å². The summed E-state index contributed by atoms with van der Waals surface area (Å²) in [5.41, 5.74) is 5.71. The van der Waals surface area contributed by atoms with E-state index in [0.717, 1.165) is 0 Å². The quantitative estimate of drug-likeness (QED) is 0.715. The zero-order chi connectivity index (χ0) is 11.6. The lowest BCUT2D eigenvalue weighted by molar-refractivity contribution is -0.275. The van der Waals surface area contributed by atoms with E-state index in [1.807, 2.05) is 0 Å². The van der Waals surface area contributed by atoms with Crippen LogP contribution in [0.15, 0.2) is 6.20 Å². The van der Waals surface area contributed by atoms with Crippen LogP contribution in [-0.2, 0) is 6.54 Å². The van der Waals surface area contributed by atoms with E-state index in [2.05, 4.69) is 9.72 Å². The van der Waals surface area contributed by atoms with Crippen LogP contribution < -0.4 is 10.5 Å². The molecular weight excluding hydrogens is 439 g/mol. The lowest BCUT2D eigenvalue weighted by Gasteiger charge is -2.13. The molecule has 0 atom stereocenters. The van der Waals surface area contributed by atoms with E-state index in [9.17, 15) is 13.2 Å². The molecular formula is C7H5F3I2N2O. The first-order valence-corrected chi connectivity index (χ1v) is 5.79. The highest BCUT2D eigenvalue weighted by Gasteiger charge is 2.33. The number of aromatic nitrogens is 1. The van der Waals surface area contributed by atoms with Crippen molar-refractivity contribution in [1.82, 2.24) is 4.98 Å². The molecule has 1 heterocycles. The van der Waals surface area contributed by atoms with Gasteiger partial charge in [0.1, 0.15) is 0 Å². The van der Waals surface area contributed by atoms with Crippen LogP contribution in [0.25, 0.3) is 0 Å². The topological polar surface area (TPSA) is 48.1 Å². The molecule has 84 valence electrons. The van der Waals surface area contributed by atoms with Crippen molar-refractivity contribution < 1.29 is 17.9 Å². The molecule has 0 aromatic carbocycles. The third-order valence-corrected chi connectivity index (χ3v) is 3.30. The highest BCUT2D eigenvalue weighted by Crippen LogP contribution is 2.32. The molecule has 1 aromatic heterocycles. The van der Waals surface area contributed by atoms with E-state index >= 15 is 0 Å². The van der Waals surface area contributed by atoms with Gasteiger partial charge in [-0.25, -0.2) is 0 Å². The van der Waals surface area contributed by atoms with Gasteiger partial charge in [0.15, 0.2) is 5.75 Å². The van der Waals surface area contributed by atoms with Gasteiger partial charge in [-0.3, -0.25) is 4.98 Å². The molecule has 0 bridgehead atoms. The first kappa shape index (κ1) is 13.2. The van der Waals surface area contributed by atoms with Crippen molar-refractivity contribution in [3.8, 4) is 5.75 Å². The van der Waals surface area contributed by atoms with Gasteiger partial charge in [-0.15, -0.1) is 13.2 Å². The molecule has 0 spiro atoms. The Balaban J connectivity index is 3.15. The van der Waals surface area contributed by atoms with Gasteiger partial charge in [-0.05, 0) is 45.2 Å². The fraction of sp³-hybridized carbons (Fsp3) is 0.286. The summed E-state index contributed by atoms with van der Waals surface area (Å²) in [6.07, 6.45) is -3.40. The Morgan fingerprint density at radius 2 is 2.00 bits per heavy atom. The van der Waals surface area contributed by atoms with E-state index in [-0.39, 0.29) is 12.3 Å². The van der Waals surface area contributed by atoms with Crippen molar-refractivity contribution in [2.75, 3.05) is 0 Å². The minimum atomic E-state index is -4.70. The lowest BCUT2D eigenvalue weighted by Crippen LogP contribution is -2.19. The molecule has 1 aromatic rings. The van der Waals surface area contributed by atoms with Crippen LogP contribution in [0.2, 0.25) is 0 Å². The number of alkyl halides is 3. The Labute approximate surface area is 111 Å². The van der Waals surface area contributed by atoms with Crippen LogP contribution in [0, 0.1) is 7.14 Å². The number of nitrogens with two attached hydrogens (primary N) is 1. The van der Waals surface area contributed by atoms with Crippen molar-refractivity contribution >= 4 is 45.2 Å². The average Bonchev–Trinajstić information content (AvgIpc) is 2.11. The van der Waals surface area contributed by atoms with Crippen LogP contribution in [0.1, 0.15) is 5.69 Å². The zero-order valence-corrected chi connectivity index (χ0v) is 11.4. The SMILES string of the molecule is NCc1ncc(I)c(OC(F)(F)F)c1I. The number of hydrogen-bond donors (Lipinski definition) is 1. The molecule has 8 heteroatoms. The highest BCUT2D eigenvalue weighted by atomic mass is 127. The number of hydrogen-bond acceptors (Lipinski definition) is 3. The van der Waals surface area contributed by atoms with Gasteiger partial charge in [0, 0.05) is 12.7 Å². The minimum Gasteiger partial charge on any atom is -0.403 e. The highest BCUT2D eigenvalue weighted by molar-refractivity contribution is 14.1. The molecule has 0 unspecified atom stereocenters. The summed E-state index contributed by atoms with van der Waals surface area (Å²) in [5, 5.41) is 0. The maximum Gasteiger partial charge on any atom is 0.573 e. The summed E-state index contributed by atoms with van der Waals surface area (Å²) < 4.78 is 40.7. The predicted molar refractivity (Wildman–Crippen MR) is 64.2 cm³/mol. The number of rotatable bonds is 2. The van der Waals surface area contributed by atoms with Crippen molar-refractivity contribution in [3.05, 3.63) is 19.0 Å². The fourth-order valence-corrected chi connectivity index (χ4v) is 2.63. The molecule has 2 N–H and O–H groups in total. The van der Waals surface area contributed by atoms with Crippen LogP contribution in [0.3, 0.4) is 0 Å². The largest absolute Gasteiger partial charge is 0.573 e. The molecule has 0 aliphatic rings. The normalized spacial score (nSPS) is 11.6. The van der Waals surface area contributed by atoms with Crippen LogP contribution >= 0.6 is 45.2 Å². The standard InChI is InChI=1S/C7H5F3I2N2O/c8-7(9,10)15-6-3(11)2-14-4(1-13)5(6)12/h2H,1,13H2. The van der Waals surface area contributed by atoms with E-state index in [0.29, 0.717) is 12.8 Å². The van der Waals surface area contributed by atoms with Crippen molar-refractivity contribution in [2.24, 2.45) is 5.73 Å². The van der Waals surface area contributed by atoms with Crippen LogP contribution in [-0.4, -0.2) is 11.3 Å². The first-order valence-electron chi connectivity index (χ1n) is 3.64. The minimum absolute atomic E-state index is 0.0728. The molecule has 0 fully saturated rings. The Kier molecular flexibility index (Phi) is 4.40. The van der Waals surface area contributed by atoms with Crippen molar-refractivity contribution in [2.45, 2.75) is 12.9 Å². The van der Waals surface area contributed by atoms with Gasteiger partial charge in [0.2, 0.25) is 0 Å². The summed E-state index contributed by atoms with van der Waals surface area (Å²) in [6.45, 7) is 0.0728. The van der Waals surface area contributed by atoms with Gasteiger partial charge < -0.3 is 10.5 Å². The number of pyridine rings is 1.